The van der Waals surface area contributed by atoms with E-state index in [1.165, 1.54) is 12.1 Å². The van der Waals surface area contributed by atoms with Crippen molar-refractivity contribution in [2.45, 2.75) is 12.5 Å². The number of Topliss-reactive ketones (excluding diaryl/α,β-unsaturated/α-hetero) is 1. The number of nitrogens with one attached hydrogen (secondary N) is 1. The van der Waals surface area contributed by atoms with Gasteiger partial charge in [0.05, 0.1) is 6.61 Å². The monoisotopic (exact) mass is 257 g/mol. The van der Waals surface area contributed by atoms with Crippen molar-refractivity contribution in [1.82, 2.24) is 5.32 Å². The summed E-state index contributed by atoms with van der Waals surface area (Å²) in [5.41, 5.74) is 0.244. The first-order valence-corrected chi connectivity index (χ1v) is 5.84. The molecule has 0 bridgehead atoms. The van der Waals surface area contributed by atoms with E-state index in [4.69, 9.17) is 16.3 Å². The van der Waals surface area contributed by atoms with Crippen molar-refractivity contribution in [3.8, 4) is 0 Å². The summed E-state index contributed by atoms with van der Waals surface area (Å²) in [6, 6.07) is 4.39. The first kappa shape index (κ1) is 12.5. The van der Waals surface area contributed by atoms with Crippen LogP contribution in [0.1, 0.15) is 5.56 Å². The molecule has 0 radical (unpaired) electrons. The second-order valence-corrected chi connectivity index (χ2v) is 4.31. The van der Waals surface area contributed by atoms with Crippen LogP contribution in [0.5, 0.6) is 0 Å². The van der Waals surface area contributed by atoms with Crippen LogP contribution < -0.4 is 5.32 Å². The zero-order valence-corrected chi connectivity index (χ0v) is 9.97. The Labute approximate surface area is 104 Å². The van der Waals surface area contributed by atoms with Gasteiger partial charge in [0.15, 0.2) is 5.78 Å². The van der Waals surface area contributed by atoms with Crippen LogP contribution in [0.25, 0.3) is 0 Å². The Morgan fingerprint density at radius 1 is 1.59 bits per heavy atom. The number of halogens is 2. The number of benzene rings is 1. The molecule has 92 valence electrons. The van der Waals surface area contributed by atoms with Crippen LogP contribution in [0.2, 0.25) is 5.02 Å². The normalized spacial score (nSPS) is 20.2. The van der Waals surface area contributed by atoms with E-state index in [1.54, 1.807) is 6.07 Å². The van der Waals surface area contributed by atoms with Crippen LogP contribution in [0.4, 0.5) is 4.39 Å². The minimum absolute atomic E-state index is 0.0299. The number of carbonyl (C=O) groups excluding carboxylic acids is 1. The predicted octanol–water partition coefficient (Wildman–Crippen LogP) is 1.58. The molecule has 1 unspecified atom stereocenters. The molecule has 1 heterocycles. The van der Waals surface area contributed by atoms with Gasteiger partial charge in [-0.3, -0.25) is 4.79 Å². The summed E-state index contributed by atoms with van der Waals surface area (Å²) >= 11 is 5.86. The Balaban J connectivity index is 2.07. The summed E-state index contributed by atoms with van der Waals surface area (Å²) in [7, 11) is 0. The molecule has 1 saturated heterocycles. The molecule has 1 atom stereocenters. The van der Waals surface area contributed by atoms with Crippen molar-refractivity contribution in [2.24, 2.45) is 0 Å². The van der Waals surface area contributed by atoms with E-state index >= 15 is 0 Å². The Morgan fingerprint density at radius 3 is 3.06 bits per heavy atom. The Kier molecular flexibility index (Phi) is 4.10. The van der Waals surface area contributed by atoms with Gasteiger partial charge in [0.25, 0.3) is 0 Å². The minimum Gasteiger partial charge on any atom is -0.368 e. The molecule has 0 saturated carbocycles. The molecule has 0 amide bonds. The van der Waals surface area contributed by atoms with E-state index in [2.05, 4.69) is 5.32 Å². The predicted molar refractivity (Wildman–Crippen MR) is 62.7 cm³/mol. The molecule has 3 nitrogen and oxygen atoms in total. The summed E-state index contributed by atoms with van der Waals surface area (Å²) in [5.74, 6) is -0.598. The first-order chi connectivity index (χ1) is 8.18. The topological polar surface area (TPSA) is 38.3 Å². The Bertz CT molecular complexity index is 399. The molecule has 0 aliphatic carbocycles. The van der Waals surface area contributed by atoms with Gasteiger partial charge in [0, 0.05) is 30.1 Å². The maximum Gasteiger partial charge on any atom is 0.167 e. The number of morpholine rings is 1. The highest BCUT2D eigenvalue weighted by Gasteiger charge is 2.23. The maximum absolute atomic E-state index is 13.5. The van der Waals surface area contributed by atoms with Crippen LogP contribution >= 0.6 is 11.6 Å². The average Bonchev–Trinajstić information content (AvgIpc) is 2.35. The fraction of sp³-hybridized carbons (Fsp3) is 0.417. The highest BCUT2D eigenvalue weighted by molar-refractivity contribution is 6.31. The number of ketones is 1. The SMILES string of the molecule is O=C(Cc1c(F)cccc1Cl)C1CNCCO1. The number of rotatable bonds is 3. The molecule has 5 heteroatoms. The summed E-state index contributed by atoms with van der Waals surface area (Å²) < 4.78 is 18.8. The number of carbonyl (C=O) groups is 1. The van der Waals surface area contributed by atoms with Crippen LogP contribution in [0.3, 0.4) is 0 Å². The molecule has 0 aromatic heterocycles. The van der Waals surface area contributed by atoms with Crippen molar-refractivity contribution in [3.63, 3.8) is 0 Å². The molecule has 1 fully saturated rings. The van der Waals surface area contributed by atoms with E-state index < -0.39 is 11.9 Å². The van der Waals surface area contributed by atoms with Gasteiger partial charge in [-0.1, -0.05) is 17.7 Å². The van der Waals surface area contributed by atoms with E-state index in [0.717, 1.165) is 6.54 Å². The quantitative estimate of drug-likeness (QED) is 0.894. The van der Waals surface area contributed by atoms with Crippen molar-refractivity contribution in [1.29, 1.82) is 0 Å². The first-order valence-electron chi connectivity index (χ1n) is 5.46. The van der Waals surface area contributed by atoms with Gasteiger partial charge in [-0.2, -0.15) is 0 Å². The fourth-order valence-corrected chi connectivity index (χ4v) is 1.99. The average molecular weight is 258 g/mol. The maximum atomic E-state index is 13.5. The van der Waals surface area contributed by atoms with Gasteiger partial charge in [-0.05, 0) is 12.1 Å². The van der Waals surface area contributed by atoms with E-state index in [-0.39, 0.29) is 22.8 Å². The third-order valence-electron chi connectivity index (χ3n) is 2.70. The van der Waals surface area contributed by atoms with Gasteiger partial charge in [0.2, 0.25) is 0 Å². The Morgan fingerprint density at radius 2 is 2.41 bits per heavy atom. The molecule has 1 aliphatic rings. The van der Waals surface area contributed by atoms with E-state index in [1.807, 2.05) is 0 Å². The molecule has 1 N–H and O–H groups in total. The minimum atomic E-state index is -0.501. The molecule has 17 heavy (non-hydrogen) atoms. The lowest BCUT2D eigenvalue weighted by Gasteiger charge is -2.22. The van der Waals surface area contributed by atoms with Crippen LogP contribution in [-0.2, 0) is 16.0 Å². The van der Waals surface area contributed by atoms with E-state index in [0.29, 0.717) is 13.2 Å². The highest BCUT2D eigenvalue weighted by Crippen LogP contribution is 2.20. The third kappa shape index (κ3) is 3.03. The number of hydrogen-bond donors (Lipinski definition) is 1. The van der Waals surface area contributed by atoms with Gasteiger partial charge < -0.3 is 10.1 Å². The molecule has 1 aromatic carbocycles. The van der Waals surface area contributed by atoms with Gasteiger partial charge in [-0.15, -0.1) is 0 Å². The van der Waals surface area contributed by atoms with Crippen molar-refractivity contribution in [3.05, 3.63) is 34.6 Å². The standard InChI is InChI=1S/C12H13ClFNO2/c13-9-2-1-3-10(14)8(9)6-11(16)12-7-15-4-5-17-12/h1-3,12,15H,4-7H2. The largest absolute Gasteiger partial charge is 0.368 e. The lowest BCUT2D eigenvalue weighted by atomic mass is 10.0. The zero-order chi connectivity index (χ0) is 12.3. The molecular formula is C12H13ClFNO2. The highest BCUT2D eigenvalue weighted by atomic mass is 35.5. The fourth-order valence-electron chi connectivity index (χ4n) is 1.76. The Hall–Kier alpha value is -0.970. The molecule has 1 aromatic rings. The third-order valence-corrected chi connectivity index (χ3v) is 3.05. The van der Waals surface area contributed by atoms with Gasteiger partial charge >= 0.3 is 0 Å². The smallest absolute Gasteiger partial charge is 0.167 e. The van der Waals surface area contributed by atoms with Crippen LogP contribution in [-0.4, -0.2) is 31.6 Å². The molecule has 2 rings (SSSR count). The summed E-state index contributed by atoms with van der Waals surface area (Å²) in [6.07, 6.45) is -0.530. The molecular weight excluding hydrogens is 245 g/mol. The molecule has 1 aliphatic heterocycles. The lowest BCUT2D eigenvalue weighted by molar-refractivity contribution is -0.131. The number of ether oxygens (including phenoxy) is 1. The van der Waals surface area contributed by atoms with Crippen molar-refractivity contribution < 1.29 is 13.9 Å². The lowest BCUT2D eigenvalue weighted by Crippen LogP contribution is -2.43. The van der Waals surface area contributed by atoms with Crippen LogP contribution in [0, 0.1) is 5.82 Å². The summed E-state index contributed by atoms with van der Waals surface area (Å²) in [6.45, 7) is 1.72. The van der Waals surface area contributed by atoms with Crippen LogP contribution in [0.15, 0.2) is 18.2 Å². The second kappa shape index (κ2) is 5.58. The van der Waals surface area contributed by atoms with E-state index in [9.17, 15) is 9.18 Å². The summed E-state index contributed by atoms with van der Waals surface area (Å²) in [4.78, 5) is 11.9. The second-order valence-electron chi connectivity index (χ2n) is 3.91. The van der Waals surface area contributed by atoms with Crippen molar-refractivity contribution in [2.75, 3.05) is 19.7 Å². The number of hydrogen-bond acceptors (Lipinski definition) is 3. The van der Waals surface area contributed by atoms with Gasteiger partial charge in [0.1, 0.15) is 11.9 Å². The van der Waals surface area contributed by atoms with Gasteiger partial charge in [-0.25, -0.2) is 4.39 Å². The van der Waals surface area contributed by atoms with Crippen molar-refractivity contribution >= 4 is 17.4 Å². The summed E-state index contributed by atoms with van der Waals surface area (Å²) in [5, 5.41) is 3.34. The molecule has 0 spiro atoms. The zero-order valence-electron chi connectivity index (χ0n) is 9.21.